The number of nitrogens with one attached hydrogen (secondary N) is 1. The fourth-order valence-electron chi connectivity index (χ4n) is 1.95. The van der Waals surface area contributed by atoms with E-state index in [4.69, 9.17) is 10.8 Å². The highest BCUT2D eigenvalue weighted by Crippen LogP contribution is 2.17. The highest BCUT2D eigenvalue weighted by molar-refractivity contribution is 5.88. The number of nitrogens with two attached hydrogens (primary N) is 1. The molecule has 1 rings (SSSR count). The summed E-state index contributed by atoms with van der Waals surface area (Å²) < 4.78 is 4.58. The molecule has 1 aliphatic rings. The van der Waals surface area contributed by atoms with Crippen molar-refractivity contribution >= 4 is 23.9 Å². The summed E-state index contributed by atoms with van der Waals surface area (Å²) in [6, 6.07) is -2.03. The van der Waals surface area contributed by atoms with Gasteiger partial charge in [0.1, 0.15) is 6.04 Å². The van der Waals surface area contributed by atoms with Crippen LogP contribution in [0.4, 0.5) is 4.79 Å². The standard InChI is InChI=1S/C11H17N3O6/c1-20-10(18)6-2-3-14(5-6)11(19)13-7(9(16)17)4-8(12)15/h6-7H,2-5H2,1H3,(H2,12,15)(H,13,19)(H,16,17)/t6?,7-/m1/s1. The predicted octanol–water partition coefficient (Wildman–Crippen LogP) is -1.48. The first-order valence-corrected chi connectivity index (χ1v) is 5.99. The third-order valence-electron chi connectivity index (χ3n) is 3.01. The van der Waals surface area contributed by atoms with Crippen LogP contribution in [0.3, 0.4) is 0 Å². The lowest BCUT2D eigenvalue weighted by atomic mass is 10.1. The molecule has 0 radical (unpaired) electrons. The predicted molar refractivity (Wildman–Crippen MR) is 65.5 cm³/mol. The van der Waals surface area contributed by atoms with Gasteiger partial charge in [-0.3, -0.25) is 9.59 Å². The Bertz CT molecular complexity index is 424. The molecule has 9 heteroatoms. The van der Waals surface area contributed by atoms with Crippen LogP contribution in [0, 0.1) is 5.92 Å². The molecule has 3 amide bonds. The number of carboxylic acids is 1. The van der Waals surface area contributed by atoms with Gasteiger partial charge in [-0.25, -0.2) is 9.59 Å². The van der Waals surface area contributed by atoms with Crippen LogP contribution in [0.15, 0.2) is 0 Å². The molecule has 0 aromatic heterocycles. The number of carbonyl (C=O) groups excluding carboxylic acids is 3. The highest BCUT2D eigenvalue weighted by Gasteiger charge is 2.33. The topological polar surface area (TPSA) is 139 Å². The summed E-state index contributed by atoms with van der Waals surface area (Å²) in [6.07, 6.45) is -0.0387. The quantitative estimate of drug-likeness (QED) is 0.527. The maximum atomic E-state index is 11.8. The van der Waals surface area contributed by atoms with E-state index in [0.717, 1.165) is 0 Å². The number of hydrogen-bond acceptors (Lipinski definition) is 5. The Morgan fingerprint density at radius 2 is 2.10 bits per heavy atom. The number of methoxy groups -OCH3 is 1. The summed E-state index contributed by atoms with van der Waals surface area (Å²) in [5.41, 5.74) is 4.91. The van der Waals surface area contributed by atoms with Crippen molar-refractivity contribution in [1.29, 1.82) is 0 Å². The van der Waals surface area contributed by atoms with Gasteiger partial charge in [-0.05, 0) is 6.42 Å². The number of amides is 3. The molecule has 1 saturated heterocycles. The lowest BCUT2D eigenvalue weighted by Crippen LogP contribution is -2.48. The van der Waals surface area contributed by atoms with E-state index in [2.05, 4.69) is 10.1 Å². The fraction of sp³-hybridized carbons (Fsp3) is 0.636. The number of ether oxygens (including phenoxy) is 1. The molecule has 1 fully saturated rings. The first-order valence-electron chi connectivity index (χ1n) is 5.99. The lowest BCUT2D eigenvalue weighted by Gasteiger charge is -2.20. The molecule has 0 aliphatic carbocycles. The SMILES string of the molecule is COC(=O)C1CCN(C(=O)N[C@H](CC(N)=O)C(=O)O)C1. The number of primary amides is 1. The van der Waals surface area contributed by atoms with Crippen molar-refractivity contribution in [2.45, 2.75) is 18.9 Å². The molecule has 20 heavy (non-hydrogen) atoms. The minimum Gasteiger partial charge on any atom is -0.480 e. The molecule has 0 aromatic rings. The van der Waals surface area contributed by atoms with E-state index in [0.29, 0.717) is 13.0 Å². The fourth-order valence-corrected chi connectivity index (χ4v) is 1.95. The molecular weight excluding hydrogens is 270 g/mol. The summed E-state index contributed by atoms with van der Waals surface area (Å²) in [4.78, 5) is 46.1. The van der Waals surface area contributed by atoms with Crippen LogP contribution in [-0.4, -0.2) is 60.1 Å². The molecule has 9 nitrogen and oxygen atoms in total. The van der Waals surface area contributed by atoms with Gasteiger partial charge in [0.25, 0.3) is 0 Å². The van der Waals surface area contributed by atoms with Crippen molar-refractivity contribution in [1.82, 2.24) is 10.2 Å². The van der Waals surface area contributed by atoms with E-state index < -0.39 is 42.3 Å². The number of urea groups is 1. The second kappa shape index (κ2) is 6.73. The zero-order chi connectivity index (χ0) is 15.3. The molecule has 1 aliphatic heterocycles. The second-order valence-corrected chi connectivity index (χ2v) is 4.47. The molecule has 1 unspecified atom stereocenters. The zero-order valence-corrected chi connectivity index (χ0v) is 11.0. The van der Waals surface area contributed by atoms with E-state index in [9.17, 15) is 19.2 Å². The lowest BCUT2D eigenvalue weighted by molar-refractivity contribution is -0.145. The van der Waals surface area contributed by atoms with Crippen LogP contribution >= 0.6 is 0 Å². The van der Waals surface area contributed by atoms with E-state index >= 15 is 0 Å². The monoisotopic (exact) mass is 287 g/mol. The smallest absolute Gasteiger partial charge is 0.326 e. The molecule has 0 aromatic carbocycles. The molecule has 112 valence electrons. The number of aliphatic carboxylic acids is 1. The van der Waals surface area contributed by atoms with E-state index in [-0.39, 0.29) is 6.54 Å². The van der Waals surface area contributed by atoms with Gasteiger partial charge in [-0.15, -0.1) is 0 Å². The number of likely N-dealkylation sites (tertiary alicyclic amines) is 1. The van der Waals surface area contributed by atoms with Crippen molar-refractivity contribution in [3.63, 3.8) is 0 Å². The Morgan fingerprint density at radius 1 is 1.45 bits per heavy atom. The van der Waals surface area contributed by atoms with Crippen LogP contribution in [0.1, 0.15) is 12.8 Å². The Hall–Kier alpha value is -2.32. The normalized spacial score (nSPS) is 19.2. The number of nitrogens with zero attached hydrogens (tertiary/aromatic N) is 1. The summed E-state index contributed by atoms with van der Waals surface area (Å²) in [7, 11) is 1.26. The minimum absolute atomic E-state index is 0.154. The van der Waals surface area contributed by atoms with Gasteiger partial charge in [-0.1, -0.05) is 0 Å². The van der Waals surface area contributed by atoms with Crippen molar-refractivity contribution < 1.29 is 29.0 Å². The minimum atomic E-state index is -1.38. The molecule has 0 saturated carbocycles. The highest BCUT2D eigenvalue weighted by atomic mass is 16.5. The van der Waals surface area contributed by atoms with Crippen LogP contribution in [0.2, 0.25) is 0 Å². The van der Waals surface area contributed by atoms with Gasteiger partial charge in [0, 0.05) is 13.1 Å². The van der Waals surface area contributed by atoms with Gasteiger partial charge in [0.05, 0.1) is 19.4 Å². The Kier molecular flexibility index (Phi) is 5.30. The van der Waals surface area contributed by atoms with Gasteiger partial charge in [-0.2, -0.15) is 0 Å². The van der Waals surface area contributed by atoms with Crippen molar-refractivity contribution in [2.24, 2.45) is 11.7 Å². The van der Waals surface area contributed by atoms with Gasteiger partial charge in [0.15, 0.2) is 0 Å². The number of carbonyl (C=O) groups is 4. The average molecular weight is 287 g/mol. The van der Waals surface area contributed by atoms with E-state index in [1.807, 2.05) is 0 Å². The number of hydrogen-bond donors (Lipinski definition) is 3. The van der Waals surface area contributed by atoms with Crippen molar-refractivity contribution in [3.8, 4) is 0 Å². The van der Waals surface area contributed by atoms with Gasteiger partial charge in [0.2, 0.25) is 5.91 Å². The number of rotatable bonds is 5. The maximum absolute atomic E-state index is 11.8. The third-order valence-corrected chi connectivity index (χ3v) is 3.01. The first-order chi connectivity index (χ1) is 9.35. The largest absolute Gasteiger partial charge is 0.480 e. The Labute approximate surface area is 115 Å². The van der Waals surface area contributed by atoms with E-state index in [1.54, 1.807) is 0 Å². The van der Waals surface area contributed by atoms with Gasteiger partial charge >= 0.3 is 18.0 Å². The Balaban J connectivity index is 2.56. The van der Waals surface area contributed by atoms with Crippen LogP contribution in [0.25, 0.3) is 0 Å². The molecule has 1 heterocycles. The maximum Gasteiger partial charge on any atom is 0.326 e. The number of esters is 1. The van der Waals surface area contributed by atoms with E-state index in [1.165, 1.54) is 12.0 Å². The van der Waals surface area contributed by atoms with Crippen LogP contribution < -0.4 is 11.1 Å². The summed E-state index contributed by atoms with van der Waals surface area (Å²) >= 11 is 0. The molecule has 0 bridgehead atoms. The Morgan fingerprint density at radius 3 is 2.60 bits per heavy atom. The third kappa shape index (κ3) is 4.11. The van der Waals surface area contributed by atoms with Crippen molar-refractivity contribution in [3.05, 3.63) is 0 Å². The molecule has 0 spiro atoms. The van der Waals surface area contributed by atoms with Gasteiger partial charge < -0.3 is 25.8 Å². The number of carboxylic acid groups (broad SMARTS) is 1. The zero-order valence-electron chi connectivity index (χ0n) is 11.0. The van der Waals surface area contributed by atoms with Crippen molar-refractivity contribution in [2.75, 3.05) is 20.2 Å². The second-order valence-electron chi connectivity index (χ2n) is 4.47. The molecule has 4 N–H and O–H groups in total. The molecule has 2 atom stereocenters. The van der Waals surface area contributed by atoms with Crippen LogP contribution in [-0.2, 0) is 19.1 Å². The summed E-state index contributed by atoms with van der Waals surface area (Å²) in [5, 5.41) is 11.1. The van der Waals surface area contributed by atoms with Crippen LogP contribution in [0.5, 0.6) is 0 Å². The summed E-state index contributed by atoms with van der Waals surface area (Å²) in [5.74, 6) is -3.00. The average Bonchev–Trinajstić information content (AvgIpc) is 2.85. The summed E-state index contributed by atoms with van der Waals surface area (Å²) in [6.45, 7) is 0.468. The molecular formula is C11H17N3O6. The first kappa shape index (κ1) is 15.7.